The van der Waals surface area contributed by atoms with Crippen molar-refractivity contribution in [3.8, 4) is 5.75 Å². The molecule has 1 atom stereocenters. The minimum Gasteiger partial charge on any atom is -0.497 e. The Morgan fingerprint density at radius 3 is 2.26 bits per heavy atom. The Bertz CT molecular complexity index is 1220. The van der Waals surface area contributed by atoms with E-state index in [0.29, 0.717) is 12.2 Å². The minimum atomic E-state index is -4.24. The number of ether oxygens (including phenoxy) is 1. The van der Waals surface area contributed by atoms with Gasteiger partial charge in [0.25, 0.3) is 0 Å². The summed E-state index contributed by atoms with van der Waals surface area (Å²) in [5, 5.41) is 3.10. The molecule has 0 heterocycles. The van der Waals surface area contributed by atoms with Crippen LogP contribution in [0.25, 0.3) is 0 Å². The molecule has 1 saturated carbocycles. The van der Waals surface area contributed by atoms with Crippen LogP contribution < -0.4 is 14.4 Å². The zero-order valence-electron chi connectivity index (χ0n) is 23.1. The summed E-state index contributed by atoms with van der Waals surface area (Å²) in [5.74, 6) is -1.04. The summed E-state index contributed by atoms with van der Waals surface area (Å²) in [6.45, 7) is 1.20. The van der Waals surface area contributed by atoms with Gasteiger partial charge in [-0.3, -0.25) is 9.59 Å². The largest absolute Gasteiger partial charge is 0.497 e. The number of benzene rings is 2. The molecule has 1 aliphatic carbocycles. The molecule has 9 nitrogen and oxygen atoms in total. The quantitative estimate of drug-likeness (QED) is 0.425. The zero-order chi connectivity index (χ0) is 28.6. The number of hydrogen-bond acceptors (Lipinski definition) is 5. The van der Waals surface area contributed by atoms with Gasteiger partial charge in [-0.05, 0) is 49.1 Å². The fraction of sp³-hybridized carbons (Fsp3) is 0.500. The van der Waals surface area contributed by atoms with E-state index in [-0.39, 0.29) is 24.2 Å². The molecule has 11 heteroatoms. The van der Waals surface area contributed by atoms with E-state index in [4.69, 9.17) is 4.74 Å². The van der Waals surface area contributed by atoms with Crippen molar-refractivity contribution in [1.82, 2.24) is 14.5 Å². The molecule has 2 aromatic carbocycles. The predicted octanol–water partition coefficient (Wildman–Crippen LogP) is 3.70. The van der Waals surface area contributed by atoms with Gasteiger partial charge < -0.3 is 15.0 Å². The van der Waals surface area contributed by atoms with Crippen LogP contribution in [0.5, 0.6) is 5.75 Å². The van der Waals surface area contributed by atoms with Gasteiger partial charge in [0.15, 0.2) is 0 Å². The number of anilines is 1. The first-order valence-corrected chi connectivity index (χ1v) is 14.7. The highest BCUT2D eigenvalue weighted by molar-refractivity contribution is 7.90. The Hall–Kier alpha value is -3.18. The third-order valence-electron chi connectivity index (χ3n) is 6.99. The summed E-state index contributed by atoms with van der Waals surface area (Å²) in [4.78, 5) is 28.8. The second-order valence-electron chi connectivity index (χ2n) is 9.89. The van der Waals surface area contributed by atoms with Crippen molar-refractivity contribution in [2.24, 2.45) is 0 Å². The first kappa shape index (κ1) is 30.4. The molecule has 2 amide bonds. The van der Waals surface area contributed by atoms with E-state index in [1.807, 2.05) is 6.92 Å². The van der Waals surface area contributed by atoms with Gasteiger partial charge in [-0.15, -0.1) is 0 Å². The van der Waals surface area contributed by atoms with E-state index in [2.05, 4.69) is 5.32 Å². The number of methoxy groups -OCH3 is 1. The number of para-hydroxylation sites is 1. The molecule has 0 aromatic heterocycles. The molecule has 0 unspecified atom stereocenters. The van der Waals surface area contributed by atoms with Gasteiger partial charge in [0.1, 0.15) is 24.2 Å². The lowest BCUT2D eigenvalue weighted by molar-refractivity contribution is -0.140. The van der Waals surface area contributed by atoms with Gasteiger partial charge in [-0.1, -0.05) is 50.5 Å². The monoisotopic (exact) mass is 562 g/mol. The number of nitrogens with one attached hydrogen (secondary N) is 1. The van der Waals surface area contributed by atoms with Crippen LogP contribution in [0, 0.1) is 5.82 Å². The van der Waals surface area contributed by atoms with Crippen molar-refractivity contribution in [2.45, 2.75) is 64.1 Å². The van der Waals surface area contributed by atoms with Gasteiger partial charge >= 0.3 is 10.2 Å². The lowest BCUT2D eigenvalue weighted by Gasteiger charge is -2.35. The van der Waals surface area contributed by atoms with Gasteiger partial charge in [-0.2, -0.15) is 12.7 Å². The minimum absolute atomic E-state index is 0.0438. The number of nitrogens with zero attached hydrogens (tertiary/aromatic N) is 3. The Morgan fingerprint density at radius 1 is 1.05 bits per heavy atom. The molecule has 0 saturated heterocycles. The van der Waals surface area contributed by atoms with E-state index in [9.17, 15) is 22.4 Å². The molecule has 1 N–H and O–H groups in total. The van der Waals surface area contributed by atoms with Gasteiger partial charge in [0.2, 0.25) is 11.8 Å². The van der Waals surface area contributed by atoms with E-state index in [1.54, 1.807) is 31.4 Å². The van der Waals surface area contributed by atoms with Gasteiger partial charge in [0.05, 0.1) is 12.8 Å². The van der Waals surface area contributed by atoms with Gasteiger partial charge in [0, 0.05) is 26.7 Å². The highest BCUT2D eigenvalue weighted by Gasteiger charge is 2.35. The number of amides is 2. The van der Waals surface area contributed by atoms with E-state index in [0.717, 1.165) is 52.3 Å². The first-order chi connectivity index (χ1) is 18.6. The molecule has 0 radical (unpaired) electrons. The van der Waals surface area contributed by atoms with E-state index >= 15 is 0 Å². The van der Waals surface area contributed by atoms with Crippen molar-refractivity contribution in [1.29, 1.82) is 0 Å². The summed E-state index contributed by atoms with van der Waals surface area (Å²) in [6, 6.07) is 11.7. The molecule has 39 heavy (non-hydrogen) atoms. The van der Waals surface area contributed by atoms with Crippen LogP contribution in [0.1, 0.15) is 51.0 Å². The molecule has 1 fully saturated rings. The third-order valence-corrected chi connectivity index (χ3v) is 8.80. The van der Waals surface area contributed by atoms with Crippen LogP contribution >= 0.6 is 0 Å². The molecule has 0 aliphatic heterocycles. The van der Waals surface area contributed by atoms with E-state index in [1.165, 1.54) is 37.2 Å². The van der Waals surface area contributed by atoms with Gasteiger partial charge in [-0.25, -0.2) is 8.70 Å². The zero-order valence-corrected chi connectivity index (χ0v) is 23.9. The average Bonchev–Trinajstić information content (AvgIpc) is 2.92. The summed E-state index contributed by atoms with van der Waals surface area (Å²) in [5.41, 5.74) is 0.490. The maximum atomic E-state index is 14.8. The Labute approximate surface area is 231 Å². The number of carbonyl (C=O) groups is 2. The maximum absolute atomic E-state index is 14.8. The second-order valence-corrected chi connectivity index (χ2v) is 12.0. The van der Waals surface area contributed by atoms with Crippen LogP contribution in [-0.2, 0) is 26.3 Å². The molecule has 214 valence electrons. The number of halogens is 1. The van der Waals surface area contributed by atoms with E-state index < -0.39 is 34.5 Å². The number of rotatable bonds is 12. The number of hydrogen-bond donors (Lipinski definition) is 1. The molecule has 3 rings (SSSR count). The fourth-order valence-corrected chi connectivity index (χ4v) is 5.81. The van der Waals surface area contributed by atoms with Crippen LogP contribution in [0.4, 0.5) is 10.1 Å². The van der Waals surface area contributed by atoms with Crippen molar-refractivity contribution < 1.29 is 27.1 Å². The van der Waals surface area contributed by atoms with Crippen molar-refractivity contribution in [3.63, 3.8) is 0 Å². The average molecular weight is 563 g/mol. The summed E-state index contributed by atoms with van der Waals surface area (Å²) >= 11 is 0. The standard InChI is InChI=1S/C28H39FN4O5S/c1-5-25(28(35)30-22-11-7-6-8-12-22)32(19-21-15-17-23(38-4)18-16-21)27(34)20-33(39(36,37)31(2)3)26-14-10-9-13-24(26)29/h9-10,13-18,22,25H,5-8,11-12,19-20H2,1-4H3,(H,30,35)/t25-/m0/s1. The van der Waals surface area contributed by atoms with Crippen molar-refractivity contribution in [3.05, 3.63) is 59.9 Å². The normalized spacial score (nSPS) is 15.0. The molecule has 0 bridgehead atoms. The molecule has 1 aliphatic rings. The lowest BCUT2D eigenvalue weighted by Crippen LogP contribution is -2.54. The van der Waals surface area contributed by atoms with Crippen LogP contribution in [-0.4, -0.2) is 69.3 Å². The first-order valence-electron chi connectivity index (χ1n) is 13.3. The van der Waals surface area contributed by atoms with Crippen molar-refractivity contribution >= 4 is 27.7 Å². The summed E-state index contributed by atoms with van der Waals surface area (Å²) < 4.78 is 48.1. The van der Waals surface area contributed by atoms with Crippen LogP contribution in [0.15, 0.2) is 48.5 Å². The molecule has 0 spiro atoms. The van der Waals surface area contributed by atoms with Crippen LogP contribution in [0.2, 0.25) is 0 Å². The van der Waals surface area contributed by atoms with Crippen LogP contribution in [0.3, 0.4) is 0 Å². The molecular formula is C28H39FN4O5S. The highest BCUT2D eigenvalue weighted by atomic mass is 32.2. The third kappa shape index (κ3) is 7.69. The SMILES string of the molecule is CC[C@@H](C(=O)NC1CCCCC1)N(Cc1ccc(OC)cc1)C(=O)CN(c1ccccc1F)S(=O)(=O)N(C)C. The second kappa shape index (κ2) is 13.7. The topological polar surface area (TPSA) is 99.3 Å². The Balaban J connectivity index is 1.96. The Kier molecular flexibility index (Phi) is 10.7. The number of carbonyl (C=O) groups excluding carboxylic acids is 2. The summed E-state index contributed by atoms with van der Waals surface area (Å²) in [7, 11) is -0.0572. The Morgan fingerprint density at radius 2 is 1.69 bits per heavy atom. The highest BCUT2D eigenvalue weighted by Crippen LogP contribution is 2.25. The fourth-order valence-electron chi connectivity index (χ4n) is 4.75. The lowest BCUT2D eigenvalue weighted by atomic mass is 9.95. The smallest absolute Gasteiger partial charge is 0.304 e. The summed E-state index contributed by atoms with van der Waals surface area (Å²) in [6.07, 6.45) is 5.30. The molecular weight excluding hydrogens is 523 g/mol. The molecule has 2 aromatic rings. The maximum Gasteiger partial charge on any atom is 0.304 e. The van der Waals surface area contributed by atoms with Crippen molar-refractivity contribution in [2.75, 3.05) is 32.1 Å². The predicted molar refractivity (Wildman–Crippen MR) is 149 cm³/mol.